The van der Waals surface area contributed by atoms with Crippen LogP contribution in [0.5, 0.6) is 0 Å². The lowest BCUT2D eigenvalue weighted by Gasteiger charge is -2.15. The minimum Gasteiger partial charge on any atom is -0.393 e. The molecule has 6 heteroatoms. The van der Waals surface area contributed by atoms with Gasteiger partial charge in [-0.1, -0.05) is 0 Å². The van der Waals surface area contributed by atoms with Crippen LogP contribution >= 0.6 is 0 Å². The minimum absolute atomic E-state index is 0.0645. The molecule has 0 radical (unpaired) electrons. The molecule has 2 unspecified atom stereocenters. The molecule has 0 aliphatic carbocycles. The second kappa shape index (κ2) is 4.83. The Bertz CT molecular complexity index is 230. The number of amides is 1. The van der Waals surface area contributed by atoms with Crippen LogP contribution in [0.4, 0.5) is 13.2 Å². The molecule has 0 aromatic rings. The van der Waals surface area contributed by atoms with Crippen molar-refractivity contribution in [1.82, 2.24) is 5.32 Å². The van der Waals surface area contributed by atoms with E-state index in [0.29, 0.717) is 19.3 Å². The first-order valence-electron chi connectivity index (χ1n) is 4.91. The maximum absolute atomic E-state index is 11.8. The molecule has 1 fully saturated rings. The highest BCUT2D eigenvalue weighted by Crippen LogP contribution is 2.24. The van der Waals surface area contributed by atoms with Gasteiger partial charge in [-0.2, -0.15) is 13.2 Å². The smallest absolute Gasteiger partial charge is 0.391 e. The van der Waals surface area contributed by atoms with Gasteiger partial charge >= 0.3 is 6.18 Å². The van der Waals surface area contributed by atoms with E-state index < -0.39 is 18.7 Å². The lowest BCUT2D eigenvalue weighted by molar-refractivity contribution is -0.154. The van der Waals surface area contributed by atoms with Crippen LogP contribution in [0.25, 0.3) is 0 Å². The molecule has 88 valence electrons. The van der Waals surface area contributed by atoms with Crippen molar-refractivity contribution in [3.63, 3.8) is 0 Å². The molecule has 1 aliphatic rings. The number of carbonyl (C=O) groups excluding carboxylic acids is 1. The molecule has 1 heterocycles. The zero-order valence-electron chi connectivity index (χ0n) is 8.18. The van der Waals surface area contributed by atoms with Gasteiger partial charge in [-0.05, 0) is 19.3 Å². The Hall–Kier alpha value is -0.780. The van der Waals surface area contributed by atoms with Crippen LogP contribution in [-0.4, -0.2) is 29.3 Å². The largest absolute Gasteiger partial charge is 0.393 e. The van der Waals surface area contributed by atoms with Gasteiger partial charge in [-0.15, -0.1) is 0 Å². The monoisotopic (exact) mass is 225 g/mol. The summed E-state index contributed by atoms with van der Waals surface area (Å²) < 4.78 is 35.5. The maximum Gasteiger partial charge on any atom is 0.391 e. The third-order valence-corrected chi connectivity index (χ3v) is 2.40. The Kier molecular flexibility index (Phi) is 3.96. The number of aliphatic hydroxyl groups is 1. The van der Waals surface area contributed by atoms with Crippen LogP contribution in [0, 0.1) is 0 Å². The Morgan fingerprint density at radius 1 is 1.53 bits per heavy atom. The standard InChI is InChI=1S/C9H14F3NO2/c10-9(11,12)5-7(14)3-1-6-2-4-8(15)13-6/h6-7,14H,1-5H2,(H,13,15). The summed E-state index contributed by atoms with van der Waals surface area (Å²) in [6.07, 6.45) is -5.29. The Morgan fingerprint density at radius 2 is 2.20 bits per heavy atom. The highest BCUT2D eigenvalue weighted by Gasteiger charge is 2.31. The number of carbonyl (C=O) groups is 1. The molecule has 2 atom stereocenters. The van der Waals surface area contributed by atoms with E-state index in [1.165, 1.54) is 0 Å². The van der Waals surface area contributed by atoms with E-state index in [0.717, 1.165) is 0 Å². The molecule has 1 rings (SSSR count). The highest BCUT2D eigenvalue weighted by molar-refractivity contribution is 5.78. The number of alkyl halides is 3. The SMILES string of the molecule is O=C1CCC(CCC(O)CC(F)(F)F)N1. The summed E-state index contributed by atoms with van der Waals surface area (Å²) >= 11 is 0. The van der Waals surface area contributed by atoms with Gasteiger partial charge in [0.05, 0.1) is 12.5 Å². The molecule has 0 aromatic carbocycles. The van der Waals surface area contributed by atoms with Crippen molar-refractivity contribution < 1.29 is 23.1 Å². The van der Waals surface area contributed by atoms with Crippen LogP contribution in [0.2, 0.25) is 0 Å². The highest BCUT2D eigenvalue weighted by atomic mass is 19.4. The number of rotatable bonds is 4. The van der Waals surface area contributed by atoms with E-state index in [4.69, 9.17) is 5.11 Å². The number of aliphatic hydroxyl groups excluding tert-OH is 1. The van der Waals surface area contributed by atoms with Crippen molar-refractivity contribution in [1.29, 1.82) is 0 Å². The predicted molar refractivity (Wildman–Crippen MR) is 47.1 cm³/mol. The summed E-state index contributed by atoms with van der Waals surface area (Å²) in [6, 6.07) is -0.0691. The molecule has 2 N–H and O–H groups in total. The Balaban J connectivity index is 2.17. The molecule has 0 bridgehead atoms. The van der Waals surface area contributed by atoms with Crippen LogP contribution in [-0.2, 0) is 4.79 Å². The van der Waals surface area contributed by atoms with Gasteiger partial charge in [0.1, 0.15) is 0 Å². The molecular formula is C9H14F3NO2. The quantitative estimate of drug-likeness (QED) is 0.759. The fourth-order valence-electron chi connectivity index (χ4n) is 1.66. The molecule has 1 aliphatic heterocycles. The van der Waals surface area contributed by atoms with Gasteiger partial charge in [0, 0.05) is 12.5 Å². The summed E-state index contributed by atoms with van der Waals surface area (Å²) in [5.74, 6) is -0.0645. The van der Waals surface area contributed by atoms with E-state index in [-0.39, 0.29) is 18.4 Å². The number of halogens is 3. The molecule has 0 spiro atoms. The van der Waals surface area contributed by atoms with Gasteiger partial charge in [-0.25, -0.2) is 0 Å². The molecule has 3 nitrogen and oxygen atoms in total. The second-order valence-corrected chi connectivity index (χ2v) is 3.85. The fraction of sp³-hybridized carbons (Fsp3) is 0.889. The van der Waals surface area contributed by atoms with Gasteiger partial charge in [0.15, 0.2) is 0 Å². The Labute approximate surface area is 85.7 Å². The third kappa shape index (κ3) is 5.01. The van der Waals surface area contributed by atoms with Crippen molar-refractivity contribution >= 4 is 5.91 Å². The fourth-order valence-corrected chi connectivity index (χ4v) is 1.66. The average molecular weight is 225 g/mol. The first-order chi connectivity index (χ1) is 6.87. The Morgan fingerprint density at radius 3 is 2.67 bits per heavy atom. The predicted octanol–water partition coefficient (Wildman–Crippen LogP) is 1.36. The second-order valence-electron chi connectivity index (χ2n) is 3.85. The van der Waals surface area contributed by atoms with Crippen molar-refractivity contribution in [2.45, 2.75) is 50.4 Å². The summed E-state index contributed by atoms with van der Waals surface area (Å²) in [7, 11) is 0. The van der Waals surface area contributed by atoms with Crippen molar-refractivity contribution in [3.8, 4) is 0 Å². The van der Waals surface area contributed by atoms with Crippen LogP contribution in [0.15, 0.2) is 0 Å². The lowest BCUT2D eigenvalue weighted by atomic mass is 10.0. The molecule has 0 aromatic heterocycles. The normalized spacial score (nSPS) is 24.0. The molecule has 1 amide bonds. The zero-order chi connectivity index (χ0) is 11.5. The number of hydrogen-bond acceptors (Lipinski definition) is 2. The molecule has 15 heavy (non-hydrogen) atoms. The van der Waals surface area contributed by atoms with E-state index in [1.807, 2.05) is 0 Å². The lowest BCUT2D eigenvalue weighted by Crippen LogP contribution is -2.27. The average Bonchev–Trinajstić information content (AvgIpc) is 2.45. The topological polar surface area (TPSA) is 49.3 Å². The first kappa shape index (κ1) is 12.3. The van der Waals surface area contributed by atoms with Crippen LogP contribution in [0.3, 0.4) is 0 Å². The minimum atomic E-state index is -4.32. The van der Waals surface area contributed by atoms with Gasteiger partial charge in [0.25, 0.3) is 0 Å². The summed E-state index contributed by atoms with van der Waals surface area (Å²) in [4.78, 5) is 10.8. The number of nitrogens with one attached hydrogen (secondary N) is 1. The first-order valence-corrected chi connectivity index (χ1v) is 4.91. The molecule has 1 saturated heterocycles. The van der Waals surface area contributed by atoms with E-state index in [9.17, 15) is 18.0 Å². The third-order valence-electron chi connectivity index (χ3n) is 2.40. The number of hydrogen-bond donors (Lipinski definition) is 2. The molecular weight excluding hydrogens is 211 g/mol. The van der Waals surface area contributed by atoms with E-state index in [2.05, 4.69) is 5.32 Å². The maximum atomic E-state index is 11.8. The molecule has 0 saturated carbocycles. The zero-order valence-corrected chi connectivity index (χ0v) is 8.18. The van der Waals surface area contributed by atoms with Crippen molar-refractivity contribution in [2.75, 3.05) is 0 Å². The van der Waals surface area contributed by atoms with E-state index in [1.54, 1.807) is 0 Å². The van der Waals surface area contributed by atoms with Gasteiger partial charge < -0.3 is 10.4 Å². The van der Waals surface area contributed by atoms with Crippen molar-refractivity contribution in [2.24, 2.45) is 0 Å². The van der Waals surface area contributed by atoms with E-state index >= 15 is 0 Å². The van der Waals surface area contributed by atoms with Crippen LogP contribution < -0.4 is 5.32 Å². The summed E-state index contributed by atoms with van der Waals surface area (Å²) in [5.41, 5.74) is 0. The van der Waals surface area contributed by atoms with Gasteiger partial charge in [-0.3, -0.25) is 4.79 Å². The summed E-state index contributed by atoms with van der Waals surface area (Å²) in [5, 5.41) is 11.7. The van der Waals surface area contributed by atoms with Gasteiger partial charge in [0.2, 0.25) is 5.91 Å². The van der Waals surface area contributed by atoms with Crippen LogP contribution in [0.1, 0.15) is 32.1 Å². The summed E-state index contributed by atoms with van der Waals surface area (Å²) in [6.45, 7) is 0. The van der Waals surface area contributed by atoms with Crippen molar-refractivity contribution in [3.05, 3.63) is 0 Å².